The minimum atomic E-state index is -0.446. The Hall–Kier alpha value is -3.55. The van der Waals surface area contributed by atoms with Crippen molar-refractivity contribution in [2.45, 2.75) is 19.4 Å². The Morgan fingerprint density at radius 3 is 2.55 bits per heavy atom. The minimum absolute atomic E-state index is 0.0967. The molecular formula is C23H22F2N4O2. The number of benzene rings is 2. The van der Waals surface area contributed by atoms with E-state index in [2.05, 4.69) is 10.4 Å². The summed E-state index contributed by atoms with van der Waals surface area (Å²) in [5.74, 6) is -0.456. The van der Waals surface area contributed by atoms with Crippen molar-refractivity contribution >= 4 is 11.7 Å². The molecule has 31 heavy (non-hydrogen) atoms. The first-order valence-electron chi connectivity index (χ1n) is 10.1. The number of carbonyl (C=O) groups excluding carboxylic acids is 1. The zero-order valence-electron chi connectivity index (χ0n) is 16.8. The molecular weight excluding hydrogens is 402 g/mol. The molecule has 2 aromatic carbocycles. The summed E-state index contributed by atoms with van der Waals surface area (Å²) in [6, 6.07) is 15.1. The molecule has 1 fully saturated rings. The number of aromatic nitrogens is 2. The second kappa shape index (κ2) is 9.07. The van der Waals surface area contributed by atoms with Gasteiger partial charge in [0.15, 0.2) is 0 Å². The van der Waals surface area contributed by atoms with E-state index in [-0.39, 0.29) is 29.7 Å². The van der Waals surface area contributed by atoms with E-state index < -0.39 is 5.82 Å². The summed E-state index contributed by atoms with van der Waals surface area (Å²) in [5, 5.41) is 7.20. The van der Waals surface area contributed by atoms with Crippen molar-refractivity contribution in [3.63, 3.8) is 0 Å². The van der Waals surface area contributed by atoms with Crippen LogP contribution in [-0.4, -0.2) is 28.8 Å². The minimum Gasteiger partial charge on any atom is -0.355 e. The molecule has 1 N–H and O–H groups in total. The molecule has 0 atom stereocenters. The summed E-state index contributed by atoms with van der Waals surface area (Å²) < 4.78 is 28.4. The third kappa shape index (κ3) is 4.79. The summed E-state index contributed by atoms with van der Waals surface area (Å²) in [6.07, 6.45) is 1.23. The van der Waals surface area contributed by atoms with Gasteiger partial charge in [-0.1, -0.05) is 24.3 Å². The molecule has 0 unspecified atom stereocenters. The van der Waals surface area contributed by atoms with Crippen LogP contribution in [0.15, 0.2) is 65.5 Å². The number of hydrogen-bond donors (Lipinski definition) is 1. The van der Waals surface area contributed by atoms with Gasteiger partial charge in [-0.3, -0.25) is 9.59 Å². The summed E-state index contributed by atoms with van der Waals surface area (Å²) in [7, 11) is 0. The van der Waals surface area contributed by atoms with Crippen molar-refractivity contribution in [2.24, 2.45) is 5.92 Å². The molecule has 1 aliphatic heterocycles. The fraction of sp³-hybridized carbons (Fsp3) is 0.261. The Labute approximate surface area is 178 Å². The molecule has 0 bridgehead atoms. The molecule has 160 valence electrons. The van der Waals surface area contributed by atoms with Crippen molar-refractivity contribution in [3.05, 3.63) is 88.2 Å². The Morgan fingerprint density at radius 2 is 1.81 bits per heavy atom. The zero-order chi connectivity index (χ0) is 21.8. The lowest BCUT2D eigenvalue weighted by molar-refractivity contribution is -0.125. The molecule has 0 spiro atoms. The number of piperidine rings is 1. The Morgan fingerprint density at radius 1 is 1.03 bits per heavy atom. The number of hydrogen-bond acceptors (Lipinski definition) is 4. The molecule has 4 rings (SSSR count). The van der Waals surface area contributed by atoms with Crippen LogP contribution >= 0.6 is 0 Å². The molecule has 0 aliphatic carbocycles. The van der Waals surface area contributed by atoms with Gasteiger partial charge >= 0.3 is 0 Å². The van der Waals surface area contributed by atoms with Crippen LogP contribution in [0, 0.1) is 17.6 Å². The summed E-state index contributed by atoms with van der Waals surface area (Å²) >= 11 is 0. The largest absolute Gasteiger partial charge is 0.355 e. The van der Waals surface area contributed by atoms with Crippen molar-refractivity contribution in [1.29, 1.82) is 0 Å². The van der Waals surface area contributed by atoms with Crippen molar-refractivity contribution in [3.8, 4) is 5.69 Å². The quantitative estimate of drug-likeness (QED) is 0.684. The molecule has 3 aromatic rings. The number of amides is 1. The number of nitrogens with zero attached hydrogens (tertiary/aromatic N) is 3. The van der Waals surface area contributed by atoms with Gasteiger partial charge in [0.25, 0.3) is 5.56 Å². The standard InChI is InChI=1S/C23H22F2N4O2/c24-18-5-3-6-19(14-18)29-22(30)9-8-21(27-29)28-12-10-16(11-13-28)23(31)26-15-17-4-1-2-7-20(17)25/h1-9,14,16H,10-13,15H2,(H,26,31). The second-order valence-electron chi connectivity index (χ2n) is 7.49. The average molecular weight is 424 g/mol. The maximum absolute atomic E-state index is 13.7. The van der Waals surface area contributed by atoms with Crippen LogP contribution < -0.4 is 15.8 Å². The third-order valence-electron chi connectivity index (χ3n) is 5.44. The van der Waals surface area contributed by atoms with Gasteiger partial charge in [0.05, 0.1) is 5.69 Å². The SMILES string of the molecule is O=C(NCc1ccccc1F)C1CCN(c2ccc(=O)n(-c3cccc(F)c3)n2)CC1. The van der Waals surface area contributed by atoms with Gasteiger partial charge in [-0.25, -0.2) is 8.78 Å². The highest BCUT2D eigenvalue weighted by Gasteiger charge is 2.26. The van der Waals surface area contributed by atoms with E-state index in [9.17, 15) is 18.4 Å². The number of anilines is 1. The normalized spacial score (nSPS) is 14.5. The highest BCUT2D eigenvalue weighted by Crippen LogP contribution is 2.22. The first-order valence-corrected chi connectivity index (χ1v) is 10.1. The first kappa shape index (κ1) is 20.7. The van der Waals surface area contributed by atoms with E-state index in [1.54, 1.807) is 30.3 Å². The predicted octanol–water partition coefficient (Wildman–Crippen LogP) is 3.04. The predicted molar refractivity (Wildman–Crippen MR) is 113 cm³/mol. The van der Waals surface area contributed by atoms with E-state index in [1.165, 1.54) is 35.0 Å². The number of nitrogens with one attached hydrogen (secondary N) is 1. The van der Waals surface area contributed by atoms with Gasteiger partial charge in [0.2, 0.25) is 5.91 Å². The highest BCUT2D eigenvalue weighted by molar-refractivity contribution is 5.79. The Kier molecular flexibility index (Phi) is 6.06. The maximum Gasteiger partial charge on any atom is 0.271 e. The number of rotatable bonds is 5. The van der Waals surface area contributed by atoms with E-state index in [1.807, 2.05) is 4.90 Å². The summed E-state index contributed by atoms with van der Waals surface area (Å²) in [6.45, 7) is 1.34. The molecule has 1 amide bonds. The van der Waals surface area contributed by atoms with E-state index in [4.69, 9.17) is 0 Å². The molecule has 6 nitrogen and oxygen atoms in total. The third-order valence-corrected chi connectivity index (χ3v) is 5.44. The highest BCUT2D eigenvalue weighted by atomic mass is 19.1. The molecule has 1 aromatic heterocycles. The van der Waals surface area contributed by atoms with Gasteiger partial charge in [-0.15, -0.1) is 5.10 Å². The maximum atomic E-state index is 13.7. The lowest BCUT2D eigenvalue weighted by Crippen LogP contribution is -2.41. The van der Waals surface area contributed by atoms with Crippen molar-refractivity contribution < 1.29 is 13.6 Å². The van der Waals surface area contributed by atoms with E-state index >= 15 is 0 Å². The molecule has 2 heterocycles. The van der Waals surface area contributed by atoms with Crippen molar-refractivity contribution in [1.82, 2.24) is 15.1 Å². The van der Waals surface area contributed by atoms with Crippen LogP contribution in [0.2, 0.25) is 0 Å². The molecule has 8 heteroatoms. The van der Waals surface area contributed by atoms with Crippen LogP contribution in [-0.2, 0) is 11.3 Å². The average Bonchev–Trinajstić information content (AvgIpc) is 2.79. The molecule has 0 saturated carbocycles. The van der Waals surface area contributed by atoms with Crippen LogP contribution in [0.3, 0.4) is 0 Å². The summed E-state index contributed by atoms with van der Waals surface area (Å²) in [4.78, 5) is 26.7. The Balaban J connectivity index is 1.38. The van der Waals surface area contributed by atoms with Gasteiger partial charge in [-0.05, 0) is 43.2 Å². The van der Waals surface area contributed by atoms with Crippen LogP contribution in [0.25, 0.3) is 5.69 Å². The van der Waals surface area contributed by atoms with Gasteiger partial charge in [-0.2, -0.15) is 4.68 Å². The fourth-order valence-corrected chi connectivity index (χ4v) is 3.70. The van der Waals surface area contributed by atoms with Crippen LogP contribution in [0.5, 0.6) is 0 Å². The first-order chi connectivity index (χ1) is 15.0. The van der Waals surface area contributed by atoms with E-state index in [0.29, 0.717) is 43.0 Å². The molecule has 0 radical (unpaired) electrons. The smallest absolute Gasteiger partial charge is 0.271 e. The Bertz CT molecular complexity index is 1140. The van der Waals surface area contributed by atoms with Gasteiger partial charge in [0, 0.05) is 37.2 Å². The number of halogens is 2. The zero-order valence-corrected chi connectivity index (χ0v) is 16.8. The van der Waals surface area contributed by atoms with Gasteiger partial charge in [0.1, 0.15) is 17.5 Å². The topological polar surface area (TPSA) is 67.2 Å². The number of carbonyl (C=O) groups is 1. The van der Waals surface area contributed by atoms with Crippen molar-refractivity contribution in [2.75, 3.05) is 18.0 Å². The monoisotopic (exact) mass is 424 g/mol. The van der Waals surface area contributed by atoms with Crippen LogP contribution in [0.4, 0.5) is 14.6 Å². The molecule has 1 saturated heterocycles. The fourth-order valence-electron chi connectivity index (χ4n) is 3.70. The van der Waals surface area contributed by atoms with E-state index in [0.717, 1.165) is 0 Å². The lowest BCUT2D eigenvalue weighted by Gasteiger charge is -2.32. The second-order valence-corrected chi connectivity index (χ2v) is 7.49. The lowest BCUT2D eigenvalue weighted by atomic mass is 9.96. The van der Waals surface area contributed by atoms with Crippen LogP contribution in [0.1, 0.15) is 18.4 Å². The summed E-state index contributed by atoms with van der Waals surface area (Å²) in [5.41, 5.74) is 0.461. The molecule has 1 aliphatic rings. The van der Waals surface area contributed by atoms with Gasteiger partial charge < -0.3 is 10.2 Å².